The first kappa shape index (κ1) is 40.0. The third-order valence-corrected chi connectivity index (χ3v) is 14.1. The lowest BCUT2D eigenvalue weighted by atomic mass is 9.85. The number of alkyl halides is 3. The number of rotatable bonds is 11. The highest BCUT2D eigenvalue weighted by molar-refractivity contribution is 7.91. The molecule has 0 aromatic heterocycles. The van der Waals surface area contributed by atoms with Crippen molar-refractivity contribution in [3.8, 4) is 5.75 Å². The van der Waals surface area contributed by atoms with Gasteiger partial charge >= 0.3 is 12.5 Å². The Balaban J connectivity index is 1.14. The Morgan fingerprint density at radius 2 is 1.71 bits per heavy atom. The van der Waals surface area contributed by atoms with Crippen molar-refractivity contribution in [3.63, 3.8) is 0 Å². The lowest BCUT2D eigenvalue weighted by Crippen LogP contribution is -2.59. The highest BCUT2D eigenvalue weighted by Gasteiger charge is 2.67. The number of nitrogens with one attached hydrogen (secondary N) is 3. The Labute approximate surface area is 328 Å². The van der Waals surface area contributed by atoms with Crippen LogP contribution in [0.2, 0.25) is 5.02 Å². The average molecular weight is 824 g/mol. The minimum absolute atomic E-state index is 0.125. The Bertz CT molecular complexity index is 2050. The Kier molecular flexibility index (Phi) is 9.99. The number of benzene rings is 2. The van der Waals surface area contributed by atoms with Gasteiger partial charge in [0.1, 0.15) is 29.5 Å². The van der Waals surface area contributed by atoms with Gasteiger partial charge in [0.25, 0.3) is 5.91 Å². The van der Waals surface area contributed by atoms with Gasteiger partial charge in [0, 0.05) is 29.7 Å². The van der Waals surface area contributed by atoms with E-state index in [2.05, 4.69) is 20.1 Å². The molecule has 56 heavy (non-hydrogen) atoms. The second-order valence-corrected chi connectivity index (χ2v) is 19.6. The number of hydrogen-bond donors (Lipinski definition) is 3. The maximum Gasteiger partial charge on any atom is 0.573 e. The van der Waals surface area contributed by atoms with Gasteiger partial charge in [-0.1, -0.05) is 50.6 Å². The van der Waals surface area contributed by atoms with Crippen molar-refractivity contribution in [1.29, 1.82) is 0 Å². The molecule has 5 unspecified atom stereocenters. The molecule has 4 fully saturated rings. The van der Waals surface area contributed by atoms with Gasteiger partial charge in [0.2, 0.25) is 21.8 Å². The van der Waals surface area contributed by atoms with Crippen LogP contribution in [0.5, 0.6) is 5.75 Å². The van der Waals surface area contributed by atoms with Crippen molar-refractivity contribution in [1.82, 2.24) is 19.8 Å². The summed E-state index contributed by atoms with van der Waals surface area (Å²) in [5.41, 5.74) is -0.611. The number of amides is 4. The molecule has 304 valence electrons. The molecule has 2 aromatic rings. The van der Waals surface area contributed by atoms with Crippen molar-refractivity contribution in [3.05, 3.63) is 58.6 Å². The normalized spacial score (nSPS) is 25.8. The molecule has 2 aromatic carbocycles. The summed E-state index contributed by atoms with van der Waals surface area (Å²) in [7, 11) is -4.03. The van der Waals surface area contributed by atoms with E-state index in [0.717, 1.165) is 36.1 Å². The Hall–Kier alpha value is -4.25. The Morgan fingerprint density at radius 3 is 2.34 bits per heavy atom. The third-order valence-electron chi connectivity index (χ3n) is 11.6. The molecule has 1 saturated heterocycles. The predicted octanol–water partition coefficient (Wildman–Crippen LogP) is 5.47. The van der Waals surface area contributed by atoms with Crippen LogP contribution < -0.4 is 20.1 Å². The summed E-state index contributed by atoms with van der Waals surface area (Å²) in [6.07, 6.45) is -4.06. The topological polar surface area (TPSA) is 163 Å². The highest BCUT2D eigenvalue weighted by atomic mass is 35.5. The maximum atomic E-state index is 14.6. The second kappa shape index (κ2) is 14.0. The highest BCUT2D eigenvalue weighted by Crippen LogP contribution is 2.57. The largest absolute Gasteiger partial charge is 0.573 e. The number of nitrogens with zero attached hydrogens (tertiary/aromatic N) is 2. The number of anilines is 1. The fraction of sp³-hybridized carbons (Fsp3) is 0.579. The lowest BCUT2D eigenvalue weighted by molar-refractivity contribution is -0.274. The quantitative estimate of drug-likeness (QED) is 0.267. The van der Waals surface area contributed by atoms with Crippen LogP contribution in [-0.2, 0) is 42.2 Å². The predicted molar refractivity (Wildman–Crippen MR) is 197 cm³/mol. The summed E-state index contributed by atoms with van der Waals surface area (Å²) in [5, 5.41) is 6.37. The van der Waals surface area contributed by atoms with Crippen LogP contribution in [0.3, 0.4) is 0 Å². The van der Waals surface area contributed by atoms with Crippen LogP contribution in [0.4, 0.5) is 23.7 Å². The van der Waals surface area contributed by atoms with E-state index in [1.165, 1.54) is 21.9 Å². The molecule has 13 nitrogen and oxygen atoms in total. The molecule has 0 bridgehead atoms. The summed E-state index contributed by atoms with van der Waals surface area (Å²) >= 11 is 6.36. The summed E-state index contributed by atoms with van der Waals surface area (Å²) in [6, 6.07) is 7.99. The minimum Gasteiger partial charge on any atom is -0.444 e. The van der Waals surface area contributed by atoms with Crippen molar-refractivity contribution in [2.45, 2.75) is 114 Å². The number of ether oxygens (including phenoxy) is 2. The Morgan fingerprint density at radius 1 is 1.02 bits per heavy atom. The monoisotopic (exact) mass is 823 g/mol. The number of fused-ring (bicyclic) bond motifs is 1. The van der Waals surface area contributed by atoms with Crippen molar-refractivity contribution >= 4 is 51.1 Å². The molecule has 3 N–H and O–H groups in total. The van der Waals surface area contributed by atoms with Crippen molar-refractivity contribution in [2.75, 3.05) is 11.9 Å². The van der Waals surface area contributed by atoms with Gasteiger partial charge in [-0.25, -0.2) is 13.2 Å². The SMILES string of the molecule is CC(C)(C)C(Nc1cccc(OC(F)(F)F)c1)C(=O)N1CC(OC(=O)N2Cc3cccc(Cl)c3C2)CC1C(=O)NC1(C(=O)NS(=O)(=O)C2(C)CC2)CC1C1CC1. The second-order valence-electron chi connectivity index (χ2n) is 17.0. The summed E-state index contributed by atoms with van der Waals surface area (Å²) in [4.78, 5) is 59.1. The number of carbonyl (C=O) groups is 4. The van der Waals surface area contributed by atoms with Crippen LogP contribution in [0.1, 0.15) is 77.3 Å². The molecule has 5 aliphatic rings. The first-order chi connectivity index (χ1) is 26.1. The number of sulfonamides is 1. The summed E-state index contributed by atoms with van der Waals surface area (Å²) < 4.78 is 76.4. The van der Waals surface area contributed by atoms with E-state index in [-0.39, 0.29) is 50.0 Å². The van der Waals surface area contributed by atoms with Crippen molar-refractivity contribution < 1.29 is 50.2 Å². The fourth-order valence-corrected chi connectivity index (χ4v) is 9.33. The molecule has 2 heterocycles. The zero-order chi connectivity index (χ0) is 40.6. The first-order valence-electron chi connectivity index (χ1n) is 18.6. The zero-order valence-electron chi connectivity index (χ0n) is 31.4. The van der Waals surface area contributed by atoms with Crippen LogP contribution in [-0.4, -0.2) is 83.4 Å². The van der Waals surface area contributed by atoms with Crippen LogP contribution in [0.25, 0.3) is 0 Å². The molecule has 3 saturated carbocycles. The van der Waals surface area contributed by atoms with E-state index < -0.39 is 79.8 Å². The number of hydrogen-bond acceptors (Lipinski definition) is 9. The number of halogens is 4. The lowest BCUT2D eigenvalue weighted by Gasteiger charge is -2.36. The average Bonchev–Trinajstić information content (AvgIpc) is 4.05. The fourth-order valence-electron chi connectivity index (χ4n) is 7.77. The molecule has 4 amide bonds. The van der Waals surface area contributed by atoms with Gasteiger partial charge < -0.3 is 25.0 Å². The van der Waals surface area contributed by atoms with Crippen molar-refractivity contribution in [2.24, 2.45) is 17.3 Å². The maximum absolute atomic E-state index is 14.6. The van der Waals surface area contributed by atoms with Gasteiger partial charge in [0.15, 0.2) is 0 Å². The molecule has 0 radical (unpaired) electrons. The van der Waals surface area contributed by atoms with Crippen LogP contribution in [0.15, 0.2) is 42.5 Å². The van der Waals surface area contributed by atoms with E-state index in [9.17, 15) is 40.8 Å². The molecule has 18 heteroatoms. The van der Waals surface area contributed by atoms with Crippen LogP contribution >= 0.6 is 11.6 Å². The molecule has 0 spiro atoms. The standard InChI is InChI=1S/C38H45ClF3N5O8S/c1-35(2,3)30(43-23-8-6-9-24(15-23)55-38(40,41)42)32(49)47-19-25(54-34(51)46-18-22-7-5-10-28(39)26(22)20-46)16-29(47)31(48)44-37(17-27(37)21-11-12-21)33(50)45-56(52,53)36(4)13-14-36/h5-10,15,21,25,27,29-30,43H,11-14,16-20H2,1-4H3,(H,44,48)(H,45,50). The molecular formula is C38H45ClF3N5O8S. The van der Waals surface area contributed by atoms with Gasteiger partial charge in [-0.2, -0.15) is 0 Å². The van der Waals surface area contributed by atoms with E-state index >= 15 is 0 Å². The van der Waals surface area contributed by atoms with Gasteiger partial charge in [0.05, 0.1) is 17.8 Å². The third kappa shape index (κ3) is 8.11. The molecule has 2 aliphatic heterocycles. The summed E-state index contributed by atoms with van der Waals surface area (Å²) in [5.74, 6) is -2.84. The number of likely N-dealkylation sites (tertiary alicyclic amines) is 1. The molecule has 3 aliphatic carbocycles. The van der Waals surface area contributed by atoms with Gasteiger partial charge in [-0.05, 0) is 85.6 Å². The first-order valence-corrected chi connectivity index (χ1v) is 20.5. The van der Waals surface area contributed by atoms with Crippen LogP contribution in [0, 0.1) is 17.3 Å². The smallest absolute Gasteiger partial charge is 0.444 e. The molecular weight excluding hydrogens is 779 g/mol. The number of carbonyl (C=O) groups excluding carboxylic acids is 4. The van der Waals surface area contributed by atoms with E-state index in [1.807, 2.05) is 6.07 Å². The minimum atomic E-state index is -4.95. The van der Waals surface area contributed by atoms with Gasteiger partial charge in [-0.3, -0.25) is 24.0 Å². The zero-order valence-corrected chi connectivity index (χ0v) is 32.9. The molecule has 5 atom stereocenters. The summed E-state index contributed by atoms with van der Waals surface area (Å²) in [6.45, 7) is 6.99. The van der Waals surface area contributed by atoms with E-state index in [1.54, 1.807) is 39.8 Å². The molecule has 7 rings (SSSR count). The van der Waals surface area contributed by atoms with E-state index in [4.69, 9.17) is 16.3 Å². The van der Waals surface area contributed by atoms with E-state index in [0.29, 0.717) is 17.9 Å². The van der Waals surface area contributed by atoms with Gasteiger partial charge in [-0.15, -0.1) is 13.2 Å².